The van der Waals surface area contributed by atoms with Gasteiger partial charge in [0.15, 0.2) is 0 Å². The van der Waals surface area contributed by atoms with Gasteiger partial charge in [0.25, 0.3) is 0 Å². The van der Waals surface area contributed by atoms with Gasteiger partial charge >= 0.3 is 7.32 Å². The number of nitrogens with zero attached hydrogens (tertiary/aromatic N) is 1. The Kier molecular flexibility index (Phi) is 30.4. The minimum atomic E-state index is -0.765. The van der Waals surface area contributed by atoms with Crippen molar-refractivity contribution < 1.29 is 22.8 Å². The minimum absolute atomic E-state index is 0.190. The molecule has 0 saturated carbocycles. The van der Waals surface area contributed by atoms with E-state index in [1.165, 1.54) is 89.5 Å². The van der Waals surface area contributed by atoms with Gasteiger partial charge in [0, 0.05) is 19.6 Å². The molecule has 0 amide bonds. The molecule has 4 nitrogen and oxygen atoms in total. The topological polar surface area (TPSA) is 27.7 Å². The lowest BCUT2D eigenvalue weighted by molar-refractivity contribution is -0.958. The van der Waals surface area contributed by atoms with Crippen LogP contribution in [-0.2, 0) is 9.31 Å². The largest absolute Gasteiger partial charge is 0.713 e. The highest BCUT2D eigenvalue weighted by Gasteiger charge is 2.39. The van der Waals surface area contributed by atoms with Crippen LogP contribution >= 0.6 is 0 Å². The molecular weight excluding hydrogens is 572 g/mol. The molecule has 0 bridgehead atoms. The van der Waals surface area contributed by atoms with Crippen molar-refractivity contribution in [2.24, 2.45) is 0 Å². The fraction of sp³-hybridized carbons (Fsp3) is 0.825. The van der Waals surface area contributed by atoms with Crippen molar-refractivity contribution in [1.29, 1.82) is 0 Å². The second-order valence-corrected chi connectivity index (χ2v) is 13.3. The van der Waals surface area contributed by atoms with E-state index in [0.717, 1.165) is 80.4 Å². The van der Waals surface area contributed by atoms with Crippen molar-refractivity contribution in [2.75, 3.05) is 32.8 Å². The molecule has 270 valence electrons. The van der Waals surface area contributed by atoms with E-state index in [-0.39, 0.29) is 11.9 Å². The zero-order valence-corrected chi connectivity index (χ0v) is 31.8. The van der Waals surface area contributed by atoms with E-state index in [1.54, 1.807) is 6.07 Å². The summed E-state index contributed by atoms with van der Waals surface area (Å²) in [6.45, 7) is 24.0. The quantitative estimate of drug-likeness (QED) is 0.0359. The summed E-state index contributed by atoms with van der Waals surface area (Å²) in [4.78, 5) is 0. The summed E-state index contributed by atoms with van der Waals surface area (Å²) in [6.07, 6.45) is 23.3. The Morgan fingerprint density at radius 3 is 1.52 bits per heavy atom. The summed E-state index contributed by atoms with van der Waals surface area (Å²) in [5.41, 5.74) is 0.985. The average Bonchev–Trinajstić information content (AvgIpc) is 3.07. The number of quaternary nitrogens is 1. The van der Waals surface area contributed by atoms with E-state index >= 15 is 0 Å². The average molecular weight is 650 g/mol. The monoisotopic (exact) mass is 650 g/mol. The van der Waals surface area contributed by atoms with Crippen molar-refractivity contribution >= 4 is 7.32 Å². The van der Waals surface area contributed by atoms with Gasteiger partial charge in [-0.2, -0.15) is 6.42 Å². The third-order valence-electron chi connectivity index (χ3n) is 9.01. The lowest BCUT2D eigenvalue weighted by Crippen LogP contribution is -2.52. The SMILES string of the molecule is CCCCCCOB(OCCCCCC)Oc1ccc(F)cc1C(CCC)[N+](CCCC)(CCCC)CCCC.[CH2-]CCCCC. The first-order chi connectivity index (χ1) is 22.4. The molecule has 0 saturated heterocycles. The maximum atomic E-state index is 14.9. The van der Waals surface area contributed by atoms with E-state index in [9.17, 15) is 4.39 Å². The summed E-state index contributed by atoms with van der Waals surface area (Å²) in [6, 6.07) is 5.27. The second kappa shape index (κ2) is 31.2. The van der Waals surface area contributed by atoms with Gasteiger partial charge in [-0.3, -0.25) is 0 Å². The highest BCUT2D eigenvalue weighted by Crippen LogP contribution is 2.40. The van der Waals surface area contributed by atoms with Gasteiger partial charge in [-0.1, -0.05) is 132 Å². The van der Waals surface area contributed by atoms with Gasteiger partial charge in [0.2, 0.25) is 0 Å². The number of benzene rings is 1. The molecule has 46 heavy (non-hydrogen) atoms. The molecule has 1 rings (SSSR count). The summed E-state index contributed by atoms with van der Waals surface area (Å²) in [5, 5.41) is 0. The van der Waals surface area contributed by atoms with Crippen LogP contribution in [0.25, 0.3) is 0 Å². The number of hydrogen-bond donors (Lipinski definition) is 0. The van der Waals surface area contributed by atoms with Crippen LogP contribution in [0.15, 0.2) is 18.2 Å². The summed E-state index contributed by atoms with van der Waals surface area (Å²) in [7, 11) is -0.765. The highest BCUT2D eigenvalue weighted by atomic mass is 19.1. The van der Waals surface area contributed by atoms with Crippen molar-refractivity contribution in [3.8, 4) is 5.75 Å². The molecule has 0 fully saturated rings. The molecule has 0 aliphatic carbocycles. The number of rotatable bonds is 30. The molecule has 0 spiro atoms. The standard InChI is InChI=1S/C34H64BFNO3.C6H13/c1-7-13-18-20-28-38-35(39-29-21-19-14-8-2)40-34-24-23-31(36)30-32(34)33(22-12-6)37(25-15-9-3,26-16-10-4)27-17-11-5;1-3-5-6-4-2/h23-24,30,33H,7-22,25-29H2,1-6H3;1,3-6H2,2H3/q+1;-1. The summed E-state index contributed by atoms with van der Waals surface area (Å²) >= 11 is 0. The Labute approximate surface area is 287 Å². The van der Waals surface area contributed by atoms with Crippen LogP contribution in [0.5, 0.6) is 5.75 Å². The molecule has 1 atom stereocenters. The maximum absolute atomic E-state index is 14.9. The molecule has 1 aromatic carbocycles. The first kappa shape index (κ1) is 44.9. The van der Waals surface area contributed by atoms with Crippen molar-refractivity contribution in [2.45, 2.75) is 183 Å². The maximum Gasteiger partial charge on any atom is 0.713 e. The lowest BCUT2D eigenvalue weighted by atomic mass is 9.94. The Morgan fingerprint density at radius 1 is 0.630 bits per heavy atom. The van der Waals surface area contributed by atoms with E-state index in [4.69, 9.17) is 14.0 Å². The van der Waals surface area contributed by atoms with E-state index in [0.29, 0.717) is 13.2 Å². The third-order valence-corrected chi connectivity index (χ3v) is 9.01. The predicted octanol–water partition coefficient (Wildman–Crippen LogP) is 12.8. The summed E-state index contributed by atoms with van der Waals surface area (Å²) in [5.74, 6) is 0.527. The molecule has 0 N–H and O–H groups in total. The van der Waals surface area contributed by atoms with Gasteiger partial charge < -0.3 is 25.4 Å². The molecule has 6 heteroatoms. The van der Waals surface area contributed by atoms with E-state index < -0.39 is 7.32 Å². The van der Waals surface area contributed by atoms with Crippen molar-refractivity contribution in [3.05, 3.63) is 36.5 Å². The fourth-order valence-electron chi connectivity index (χ4n) is 6.17. The van der Waals surface area contributed by atoms with Crippen LogP contribution < -0.4 is 4.65 Å². The smallest absolute Gasteiger partial charge is 0.511 e. The molecule has 0 aliphatic heterocycles. The van der Waals surface area contributed by atoms with Gasteiger partial charge in [-0.25, -0.2) is 4.39 Å². The van der Waals surface area contributed by atoms with E-state index in [2.05, 4.69) is 55.4 Å². The molecule has 0 aliphatic rings. The minimum Gasteiger partial charge on any atom is -0.511 e. The van der Waals surface area contributed by atoms with Crippen LogP contribution in [0.2, 0.25) is 0 Å². The zero-order valence-electron chi connectivity index (χ0n) is 31.8. The van der Waals surface area contributed by atoms with Gasteiger partial charge in [0.1, 0.15) is 17.6 Å². The molecule has 0 aromatic heterocycles. The van der Waals surface area contributed by atoms with Crippen LogP contribution in [-0.4, -0.2) is 44.7 Å². The Morgan fingerprint density at radius 2 is 1.11 bits per heavy atom. The van der Waals surface area contributed by atoms with Gasteiger partial charge in [0.05, 0.1) is 25.2 Å². The Balaban J connectivity index is 0.00000306. The molecular formula is C40H77BFNO3. The number of halogens is 1. The lowest BCUT2D eigenvalue weighted by Gasteiger charge is -2.46. The van der Waals surface area contributed by atoms with Crippen LogP contribution in [0.1, 0.15) is 188 Å². The number of hydrogen-bond acceptors (Lipinski definition) is 3. The van der Waals surface area contributed by atoms with Crippen molar-refractivity contribution in [3.63, 3.8) is 0 Å². The van der Waals surface area contributed by atoms with Gasteiger partial charge in [-0.05, 0) is 50.3 Å². The van der Waals surface area contributed by atoms with Crippen molar-refractivity contribution in [1.82, 2.24) is 0 Å². The second-order valence-electron chi connectivity index (χ2n) is 13.3. The van der Waals surface area contributed by atoms with Crippen LogP contribution in [0.3, 0.4) is 0 Å². The number of unbranched alkanes of at least 4 members (excludes halogenated alkanes) is 12. The fourth-order valence-corrected chi connectivity index (χ4v) is 6.17. The van der Waals surface area contributed by atoms with Gasteiger partial charge in [-0.15, -0.1) is 0 Å². The molecule has 0 heterocycles. The third kappa shape index (κ3) is 20.3. The Hall–Kier alpha value is -1.11. The predicted molar refractivity (Wildman–Crippen MR) is 200 cm³/mol. The van der Waals surface area contributed by atoms with Crippen LogP contribution in [0.4, 0.5) is 4.39 Å². The molecule has 1 aromatic rings. The first-order valence-electron chi connectivity index (χ1n) is 19.8. The first-order valence-corrected chi connectivity index (χ1v) is 19.8. The zero-order chi connectivity index (χ0) is 34.3. The summed E-state index contributed by atoms with van der Waals surface area (Å²) < 4.78 is 34.8. The normalized spacial score (nSPS) is 12.1. The molecule has 0 radical (unpaired) electrons. The van der Waals surface area contributed by atoms with E-state index in [1.807, 2.05) is 6.07 Å². The highest BCUT2D eigenvalue weighted by molar-refractivity contribution is 6.37. The molecule has 1 unspecified atom stereocenters. The Bertz CT molecular complexity index is 756. The van der Waals surface area contributed by atoms with Crippen LogP contribution in [0, 0.1) is 12.7 Å².